The molecule has 0 atom stereocenters. The molecule has 0 bridgehead atoms. The molecule has 0 aliphatic heterocycles. The van der Waals surface area contributed by atoms with Crippen molar-refractivity contribution in [3.63, 3.8) is 0 Å². The van der Waals surface area contributed by atoms with Crippen molar-refractivity contribution in [1.82, 2.24) is 5.32 Å². The Morgan fingerprint density at radius 1 is 1.35 bits per heavy atom. The number of nitrogens with one attached hydrogen (secondary N) is 1. The maximum Gasteiger partial charge on any atom is 0.251 e. The molecular formula is C13H15N7O3. The van der Waals surface area contributed by atoms with Crippen LogP contribution in [-0.4, -0.2) is 34.4 Å². The summed E-state index contributed by atoms with van der Waals surface area (Å²) in [6.45, 7) is -0.271. The number of aliphatic hydroxyl groups is 2. The summed E-state index contributed by atoms with van der Waals surface area (Å²) in [5, 5.41) is 28.4. The van der Waals surface area contributed by atoms with Gasteiger partial charge in [0.2, 0.25) is 0 Å². The molecule has 1 aromatic carbocycles. The zero-order valence-electron chi connectivity index (χ0n) is 12.1. The number of benzene rings is 1. The average Bonchev–Trinajstić information content (AvgIpc) is 2.51. The summed E-state index contributed by atoms with van der Waals surface area (Å²) >= 11 is 0. The molecule has 0 heterocycles. The van der Waals surface area contributed by atoms with Gasteiger partial charge in [-0.05, 0) is 47.7 Å². The monoisotopic (exact) mass is 317 g/mol. The highest BCUT2D eigenvalue weighted by Crippen LogP contribution is 2.32. The maximum absolute atomic E-state index is 12.4. The molecule has 3 N–H and O–H groups in total. The van der Waals surface area contributed by atoms with Crippen LogP contribution in [-0.2, 0) is 6.54 Å². The van der Waals surface area contributed by atoms with E-state index in [9.17, 15) is 15.0 Å². The quantitative estimate of drug-likeness (QED) is 0.415. The summed E-state index contributed by atoms with van der Waals surface area (Å²) in [6, 6.07) is 4.43. The highest BCUT2D eigenvalue weighted by atomic mass is 16.3. The fourth-order valence-corrected chi connectivity index (χ4v) is 2.55. The van der Waals surface area contributed by atoms with Gasteiger partial charge in [0.1, 0.15) is 0 Å². The van der Waals surface area contributed by atoms with Crippen LogP contribution in [0.5, 0.6) is 0 Å². The zero-order valence-corrected chi connectivity index (χ0v) is 12.1. The van der Waals surface area contributed by atoms with E-state index in [2.05, 4.69) is 25.4 Å². The second kappa shape index (κ2) is 6.99. The minimum atomic E-state index is -0.837. The Labute approximate surface area is 131 Å². The lowest BCUT2D eigenvalue weighted by Gasteiger charge is -2.44. The first-order valence-corrected chi connectivity index (χ1v) is 6.83. The van der Waals surface area contributed by atoms with Crippen LogP contribution in [0.1, 0.15) is 28.8 Å². The van der Waals surface area contributed by atoms with Crippen molar-refractivity contribution < 1.29 is 15.0 Å². The lowest BCUT2D eigenvalue weighted by atomic mass is 9.74. The van der Waals surface area contributed by atoms with Crippen LogP contribution in [0.15, 0.2) is 28.4 Å². The molecule has 0 unspecified atom stereocenters. The van der Waals surface area contributed by atoms with Crippen molar-refractivity contribution in [3.8, 4) is 0 Å². The first-order valence-electron chi connectivity index (χ1n) is 6.83. The third-order valence-electron chi connectivity index (χ3n) is 3.65. The smallest absolute Gasteiger partial charge is 0.251 e. The molecule has 1 amide bonds. The third kappa shape index (κ3) is 3.91. The Hall–Kier alpha value is -2.77. The van der Waals surface area contributed by atoms with Crippen LogP contribution >= 0.6 is 0 Å². The van der Waals surface area contributed by atoms with Crippen LogP contribution in [0.2, 0.25) is 0 Å². The van der Waals surface area contributed by atoms with Crippen LogP contribution in [0.25, 0.3) is 20.9 Å². The third-order valence-corrected chi connectivity index (χ3v) is 3.65. The van der Waals surface area contributed by atoms with Gasteiger partial charge in [-0.3, -0.25) is 4.79 Å². The van der Waals surface area contributed by atoms with Crippen molar-refractivity contribution in [3.05, 3.63) is 50.2 Å². The molecule has 10 nitrogen and oxygen atoms in total. The van der Waals surface area contributed by atoms with E-state index in [1.165, 1.54) is 18.2 Å². The number of carbonyl (C=O) groups excluding carboxylic acids is 1. The largest absolute Gasteiger partial charge is 0.394 e. The van der Waals surface area contributed by atoms with Crippen LogP contribution < -0.4 is 5.32 Å². The number of hydrogen-bond donors (Lipinski definition) is 3. The van der Waals surface area contributed by atoms with E-state index in [1.54, 1.807) is 0 Å². The molecule has 10 heteroatoms. The van der Waals surface area contributed by atoms with Gasteiger partial charge >= 0.3 is 0 Å². The van der Waals surface area contributed by atoms with Gasteiger partial charge in [-0.15, -0.1) is 0 Å². The van der Waals surface area contributed by atoms with Crippen molar-refractivity contribution in [2.75, 3.05) is 6.61 Å². The predicted molar refractivity (Wildman–Crippen MR) is 80.6 cm³/mol. The number of carbonyl (C=O) groups is 1. The molecular weight excluding hydrogens is 302 g/mol. The molecule has 1 aromatic rings. The Balaban J connectivity index is 2.26. The first-order chi connectivity index (χ1) is 11.0. The molecule has 0 radical (unpaired) electrons. The molecule has 2 rings (SSSR count). The Bertz CT molecular complexity index is 702. The molecule has 23 heavy (non-hydrogen) atoms. The van der Waals surface area contributed by atoms with E-state index in [4.69, 9.17) is 11.1 Å². The fraction of sp³-hybridized carbons (Fsp3) is 0.462. The first kappa shape index (κ1) is 16.6. The zero-order chi connectivity index (χ0) is 16.9. The summed E-state index contributed by atoms with van der Waals surface area (Å²) in [6.07, 6.45) is 0.00535. The second-order valence-electron chi connectivity index (χ2n) is 5.42. The second-order valence-corrected chi connectivity index (χ2v) is 5.42. The number of aliphatic hydroxyl groups excluding tert-OH is 2. The number of hydrogen-bond acceptors (Lipinski definition) is 5. The minimum Gasteiger partial charge on any atom is -0.394 e. The number of azide groups is 2. The predicted octanol–water partition coefficient (Wildman–Crippen LogP) is 2.05. The minimum absolute atomic E-state index is 0.00935. The van der Waals surface area contributed by atoms with Crippen LogP contribution in [0, 0.1) is 0 Å². The van der Waals surface area contributed by atoms with E-state index in [-0.39, 0.29) is 37.2 Å². The van der Waals surface area contributed by atoms with Crippen molar-refractivity contribution in [2.45, 2.75) is 31.0 Å². The molecule has 1 aliphatic rings. The van der Waals surface area contributed by atoms with E-state index in [1.807, 2.05) is 0 Å². The maximum atomic E-state index is 12.4. The van der Waals surface area contributed by atoms with Gasteiger partial charge in [0.05, 0.1) is 24.8 Å². The summed E-state index contributed by atoms with van der Waals surface area (Å²) < 4.78 is 0. The van der Waals surface area contributed by atoms with Crippen molar-refractivity contribution >= 4 is 11.6 Å². The molecule has 0 aromatic heterocycles. The van der Waals surface area contributed by atoms with Crippen molar-refractivity contribution in [1.29, 1.82) is 0 Å². The summed E-state index contributed by atoms with van der Waals surface area (Å²) in [5.74, 6) is -0.469. The van der Waals surface area contributed by atoms with E-state index < -0.39 is 17.6 Å². The number of amides is 1. The molecule has 0 spiro atoms. The summed E-state index contributed by atoms with van der Waals surface area (Å²) in [4.78, 5) is 17.7. The molecule has 0 saturated heterocycles. The lowest BCUT2D eigenvalue weighted by molar-refractivity contribution is -0.0242. The summed E-state index contributed by atoms with van der Waals surface area (Å²) in [5.41, 5.74) is 17.0. The van der Waals surface area contributed by atoms with E-state index in [0.717, 1.165) is 0 Å². The highest BCUT2D eigenvalue weighted by molar-refractivity contribution is 5.95. The van der Waals surface area contributed by atoms with Gasteiger partial charge in [-0.1, -0.05) is 10.2 Å². The van der Waals surface area contributed by atoms with Gasteiger partial charge in [-0.2, -0.15) is 0 Å². The van der Waals surface area contributed by atoms with Gasteiger partial charge in [-0.25, -0.2) is 0 Å². The average molecular weight is 317 g/mol. The molecule has 1 saturated carbocycles. The Morgan fingerprint density at radius 3 is 2.65 bits per heavy atom. The number of nitrogens with zero attached hydrogens (tertiary/aromatic N) is 6. The lowest BCUT2D eigenvalue weighted by Crippen LogP contribution is -2.61. The van der Waals surface area contributed by atoms with Crippen molar-refractivity contribution in [2.24, 2.45) is 10.2 Å². The number of rotatable bonds is 6. The molecule has 1 fully saturated rings. The molecule has 120 valence electrons. The fourth-order valence-electron chi connectivity index (χ4n) is 2.55. The van der Waals surface area contributed by atoms with Crippen LogP contribution in [0.4, 0.5) is 5.69 Å². The van der Waals surface area contributed by atoms with E-state index in [0.29, 0.717) is 5.56 Å². The van der Waals surface area contributed by atoms with Crippen LogP contribution in [0.3, 0.4) is 0 Å². The van der Waals surface area contributed by atoms with Gasteiger partial charge in [0.15, 0.2) is 0 Å². The Kier molecular flexibility index (Phi) is 5.05. The highest BCUT2D eigenvalue weighted by Gasteiger charge is 2.44. The standard InChI is InChI=1S/C13H15N7O3/c14-19-16-6-8-1-9(3-10(2-8)18-20-15)12(23)17-13(7-21)4-11(22)5-13/h1-3,11,21-22H,4-7H2,(H,17,23). The van der Waals surface area contributed by atoms with Gasteiger partial charge in [0.25, 0.3) is 5.91 Å². The topological polar surface area (TPSA) is 167 Å². The van der Waals surface area contributed by atoms with Gasteiger partial charge < -0.3 is 15.5 Å². The van der Waals surface area contributed by atoms with Gasteiger partial charge in [0, 0.05) is 21.1 Å². The Morgan fingerprint density at radius 2 is 2.09 bits per heavy atom. The molecule has 1 aliphatic carbocycles. The summed E-state index contributed by atoms with van der Waals surface area (Å²) in [7, 11) is 0. The SMILES string of the molecule is [N-]=[N+]=NCc1cc(N=[N+]=[N-])cc(C(=O)NC2(CO)CC(O)C2)c1. The normalized spacial score (nSPS) is 22.3. The van der Waals surface area contributed by atoms with E-state index >= 15 is 0 Å².